The molecule has 1 aliphatic carbocycles. The van der Waals surface area contributed by atoms with Crippen molar-refractivity contribution < 1.29 is 14.3 Å². The summed E-state index contributed by atoms with van der Waals surface area (Å²) in [5, 5.41) is 0.255. The van der Waals surface area contributed by atoms with Crippen molar-refractivity contribution in [2.24, 2.45) is 0 Å². The summed E-state index contributed by atoms with van der Waals surface area (Å²) in [6.45, 7) is 2.05. The van der Waals surface area contributed by atoms with Gasteiger partial charge >= 0.3 is 5.97 Å². The van der Waals surface area contributed by atoms with Crippen molar-refractivity contribution in [1.82, 2.24) is 0 Å². The van der Waals surface area contributed by atoms with Crippen LogP contribution >= 0.6 is 23.1 Å². The molecule has 6 heteroatoms. The Kier molecular flexibility index (Phi) is 4.73. The number of nitrogens with two attached hydrogens (primary N) is 1. The topological polar surface area (TPSA) is 69.4 Å². The Morgan fingerprint density at radius 1 is 1.39 bits per heavy atom. The third kappa shape index (κ3) is 3.14. The maximum Gasteiger partial charge on any atom is 0.341 e. The van der Waals surface area contributed by atoms with Crippen LogP contribution in [-0.2, 0) is 11.2 Å². The van der Waals surface area contributed by atoms with Gasteiger partial charge in [-0.2, -0.15) is 0 Å². The lowest BCUT2D eigenvalue weighted by atomic mass is 9.94. The molecule has 0 radical (unpaired) electrons. The van der Waals surface area contributed by atoms with Crippen LogP contribution in [0.4, 0.5) is 5.00 Å². The van der Waals surface area contributed by atoms with E-state index in [1.165, 1.54) is 11.3 Å². The van der Waals surface area contributed by atoms with Crippen molar-refractivity contribution in [3.63, 3.8) is 0 Å². The normalized spacial score (nSPS) is 16.9. The summed E-state index contributed by atoms with van der Waals surface area (Å²) in [5.41, 5.74) is 7.13. The van der Waals surface area contributed by atoms with Crippen molar-refractivity contribution in [1.29, 1.82) is 0 Å². The fourth-order valence-corrected chi connectivity index (χ4v) is 4.95. The van der Waals surface area contributed by atoms with Crippen LogP contribution in [0.3, 0.4) is 0 Å². The first-order valence-electron chi connectivity index (χ1n) is 7.46. The molecule has 1 aromatic carbocycles. The number of Topliss-reactive ketones (excluding diaryl/α,β-unsaturated/α-hetero) is 1. The molecule has 1 heterocycles. The number of thiophene rings is 1. The third-order valence-corrected chi connectivity index (χ3v) is 6.06. The Hall–Kier alpha value is -1.79. The minimum Gasteiger partial charge on any atom is -0.462 e. The molecule has 0 bridgehead atoms. The predicted octanol–water partition coefficient (Wildman–Crippen LogP) is 3.80. The number of esters is 1. The van der Waals surface area contributed by atoms with Crippen molar-refractivity contribution in [2.45, 2.75) is 29.9 Å². The molecule has 0 spiro atoms. The number of carbonyl (C=O) groups is 2. The van der Waals surface area contributed by atoms with Gasteiger partial charge in [0.1, 0.15) is 5.00 Å². The van der Waals surface area contributed by atoms with Crippen molar-refractivity contribution in [3.05, 3.63) is 46.3 Å². The first-order valence-corrected chi connectivity index (χ1v) is 9.15. The zero-order valence-corrected chi connectivity index (χ0v) is 14.3. The largest absolute Gasteiger partial charge is 0.462 e. The summed E-state index contributed by atoms with van der Waals surface area (Å²) in [5.74, 6) is -0.364. The first kappa shape index (κ1) is 16.1. The lowest BCUT2D eigenvalue weighted by Crippen LogP contribution is -2.24. The SMILES string of the molecule is CCOC(=O)c1c(N)sc2c1CC[C@@H](Sc1ccccc1)C2=O. The van der Waals surface area contributed by atoms with E-state index in [0.717, 1.165) is 10.5 Å². The van der Waals surface area contributed by atoms with Crippen LogP contribution in [0, 0.1) is 0 Å². The van der Waals surface area contributed by atoms with E-state index >= 15 is 0 Å². The highest BCUT2D eigenvalue weighted by Gasteiger charge is 2.35. The number of benzene rings is 1. The molecule has 2 aromatic rings. The molecule has 4 nitrogen and oxygen atoms in total. The Morgan fingerprint density at radius 3 is 2.83 bits per heavy atom. The average Bonchev–Trinajstić information content (AvgIpc) is 2.88. The van der Waals surface area contributed by atoms with E-state index in [2.05, 4.69) is 0 Å². The van der Waals surface area contributed by atoms with Crippen LogP contribution in [0.2, 0.25) is 0 Å². The zero-order valence-electron chi connectivity index (χ0n) is 12.7. The number of fused-ring (bicyclic) bond motifs is 1. The maximum atomic E-state index is 12.7. The Balaban J connectivity index is 1.86. The number of anilines is 1. The van der Waals surface area contributed by atoms with Gasteiger partial charge in [0.05, 0.1) is 22.3 Å². The van der Waals surface area contributed by atoms with Crippen LogP contribution in [0.25, 0.3) is 0 Å². The van der Waals surface area contributed by atoms with Gasteiger partial charge in [0.25, 0.3) is 0 Å². The highest BCUT2D eigenvalue weighted by Crippen LogP contribution is 2.41. The molecule has 1 aliphatic rings. The molecule has 0 unspecified atom stereocenters. The maximum absolute atomic E-state index is 12.7. The monoisotopic (exact) mass is 347 g/mol. The predicted molar refractivity (Wildman–Crippen MR) is 93.4 cm³/mol. The molecule has 2 N–H and O–H groups in total. The average molecular weight is 347 g/mol. The van der Waals surface area contributed by atoms with E-state index < -0.39 is 5.97 Å². The van der Waals surface area contributed by atoms with E-state index in [-0.39, 0.29) is 11.0 Å². The van der Waals surface area contributed by atoms with Gasteiger partial charge in [-0.3, -0.25) is 4.79 Å². The lowest BCUT2D eigenvalue weighted by Gasteiger charge is -2.20. The molecule has 0 saturated carbocycles. The lowest BCUT2D eigenvalue weighted by molar-refractivity contribution is 0.0527. The summed E-state index contributed by atoms with van der Waals surface area (Å²) < 4.78 is 5.06. The van der Waals surface area contributed by atoms with Gasteiger partial charge in [0.15, 0.2) is 5.78 Å². The van der Waals surface area contributed by atoms with E-state index in [1.807, 2.05) is 30.3 Å². The van der Waals surface area contributed by atoms with Crippen LogP contribution in [0.1, 0.15) is 38.9 Å². The van der Waals surface area contributed by atoms with Crippen LogP contribution in [-0.4, -0.2) is 23.6 Å². The molecule has 0 fully saturated rings. The van der Waals surface area contributed by atoms with Gasteiger partial charge in [0.2, 0.25) is 0 Å². The molecule has 120 valence electrons. The minimum atomic E-state index is -0.426. The van der Waals surface area contributed by atoms with Gasteiger partial charge in [-0.15, -0.1) is 23.1 Å². The first-order chi connectivity index (χ1) is 11.1. The fraction of sp³-hybridized carbons (Fsp3) is 0.294. The number of hydrogen-bond donors (Lipinski definition) is 1. The van der Waals surface area contributed by atoms with Crippen LogP contribution < -0.4 is 5.73 Å². The van der Waals surface area contributed by atoms with E-state index in [1.54, 1.807) is 18.7 Å². The van der Waals surface area contributed by atoms with E-state index in [4.69, 9.17) is 10.5 Å². The second-order valence-electron chi connectivity index (χ2n) is 5.19. The second-order valence-corrected chi connectivity index (χ2v) is 7.52. The smallest absolute Gasteiger partial charge is 0.341 e. The van der Waals surface area contributed by atoms with Gasteiger partial charge < -0.3 is 10.5 Å². The van der Waals surface area contributed by atoms with Gasteiger partial charge in [-0.1, -0.05) is 18.2 Å². The van der Waals surface area contributed by atoms with Gasteiger partial charge in [-0.05, 0) is 37.5 Å². The Morgan fingerprint density at radius 2 is 2.13 bits per heavy atom. The molecule has 0 saturated heterocycles. The number of hydrogen-bond acceptors (Lipinski definition) is 6. The fourth-order valence-electron chi connectivity index (χ4n) is 2.68. The van der Waals surface area contributed by atoms with Crippen LogP contribution in [0.5, 0.6) is 0 Å². The standard InChI is InChI=1S/C17H17NO3S2/c1-2-21-17(20)13-11-8-9-12(14(19)15(11)23-16(13)18)22-10-6-4-3-5-7-10/h3-7,12H,2,8-9,18H2,1H3/t12-/m1/s1. The zero-order chi connectivity index (χ0) is 16.4. The Labute approximate surface area is 143 Å². The number of thioether (sulfide) groups is 1. The third-order valence-electron chi connectivity index (χ3n) is 3.71. The number of ketones is 1. The molecule has 0 amide bonds. The van der Waals surface area contributed by atoms with Crippen molar-refractivity contribution in [2.75, 3.05) is 12.3 Å². The number of ether oxygens (including phenoxy) is 1. The second kappa shape index (κ2) is 6.76. The quantitative estimate of drug-likeness (QED) is 0.852. The van der Waals surface area contributed by atoms with E-state index in [0.29, 0.717) is 34.9 Å². The van der Waals surface area contributed by atoms with Gasteiger partial charge in [-0.25, -0.2) is 4.79 Å². The summed E-state index contributed by atoms with van der Waals surface area (Å²) >= 11 is 2.78. The molecule has 23 heavy (non-hydrogen) atoms. The van der Waals surface area contributed by atoms with E-state index in [9.17, 15) is 9.59 Å². The molecule has 3 rings (SSSR count). The number of rotatable bonds is 4. The van der Waals surface area contributed by atoms with Crippen molar-refractivity contribution >= 4 is 39.9 Å². The summed E-state index contributed by atoms with van der Waals surface area (Å²) in [4.78, 5) is 26.5. The highest BCUT2D eigenvalue weighted by molar-refractivity contribution is 8.00. The Bertz CT molecular complexity index is 740. The molecule has 1 aromatic heterocycles. The summed E-state index contributed by atoms with van der Waals surface area (Å²) in [7, 11) is 0. The van der Waals surface area contributed by atoms with Crippen LogP contribution in [0.15, 0.2) is 35.2 Å². The summed E-state index contributed by atoms with van der Waals surface area (Å²) in [6.07, 6.45) is 1.38. The molecular weight excluding hydrogens is 330 g/mol. The molecule has 0 aliphatic heterocycles. The van der Waals surface area contributed by atoms with Crippen molar-refractivity contribution in [3.8, 4) is 0 Å². The molecule has 1 atom stereocenters. The summed E-state index contributed by atoms with van der Waals surface area (Å²) in [6, 6.07) is 9.88. The number of nitrogen functional groups attached to an aromatic ring is 1. The highest BCUT2D eigenvalue weighted by atomic mass is 32.2. The number of carbonyl (C=O) groups excluding carboxylic acids is 2. The van der Waals surface area contributed by atoms with Gasteiger partial charge in [0, 0.05) is 4.90 Å². The minimum absolute atomic E-state index is 0.0624. The molecular formula is C17H17NO3S2.